The molecule has 27 heavy (non-hydrogen) atoms. The minimum Gasteiger partial charge on any atom is -0.486 e. The second kappa shape index (κ2) is 7.70. The number of ether oxygens (including phenoxy) is 2. The molecular formula is C21H24N2O4. The maximum Gasteiger partial charge on any atom is 0.239 e. The van der Waals surface area contributed by atoms with Crippen molar-refractivity contribution in [1.82, 2.24) is 0 Å². The van der Waals surface area contributed by atoms with Crippen LogP contribution in [0, 0.1) is 5.41 Å². The van der Waals surface area contributed by atoms with E-state index < -0.39 is 11.3 Å². The highest BCUT2D eigenvalue weighted by atomic mass is 16.6. The fourth-order valence-electron chi connectivity index (χ4n) is 2.62. The van der Waals surface area contributed by atoms with Gasteiger partial charge in [-0.25, -0.2) is 0 Å². The van der Waals surface area contributed by atoms with Crippen molar-refractivity contribution in [3.05, 3.63) is 48.0 Å². The number of anilines is 2. The van der Waals surface area contributed by atoms with E-state index in [0.717, 1.165) is 6.42 Å². The summed E-state index contributed by atoms with van der Waals surface area (Å²) in [6, 6.07) is 12.8. The van der Waals surface area contributed by atoms with Crippen molar-refractivity contribution in [2.24, 2.45) is 5.41 Å². The average molecular weight is 368 g/mol. The van der Waals surface area contributed by atoms with Gasteiger partial charge >= 0.3 is 0 Å². The lowest BCUT2D eigenvalue weighted by Crippen LogP contribution is -2.41. The van der Waals surface area contributed by atoms with Crippen molar-refractivity contribution >= 4 is 23.2 Å². The van der Waals surface area contributed by atoms with Crippen molar-refractivity contribution in [2.45, 2.75) is 27.2 Å². The van der Waals surface area contributed by atoms with Crippen molar-refractivity contribution in [3.63, 3.8) is 0 Å². The summed E-state index contributed by atoms with van der Waals surface area (Å²) in [5, 5.41) is 5.59. The first-order valence-electron chi connectivity index (χ1n) is 9.01. The van der Waals surface area contributed by atoms with E-state index in [1.807, 2.05) is 24.3 Å². The molecule has 0 fully saturated rings. The van der Waals surface area contributed by atoms with Gasteiger partial charge in [0.15, 0.2) is 11.5 Å². The summed E-state index contributed by atoms with van der Waals surface area (Å²) < 4.78 is 11.0. The lowest BCUT2D eigenvalue weighted by atomic mass is 9.90. The predicted octanol–water partition coefficient (Wildman–Crippen LogP) is 3.62. The molecule has 0 aliphatic carbocycles. The molecule has 142 valence electrons. The number of hydrogen-bond acceptors (Lipinski definition) is 4. The highest BCUT2D eigenvalue weighted by Gasteiger charge is 2.36. The Morgan fingerprint density at radius 3 is 2.07 bits per heavy atom. The van der Waals surface area contributed by atoms with Crippen LogP contribution in [0.25, 0.3) is 0 Å². The average Bonchev–Trinajstić information content (AvgIpc) is 2.68. The van der Waals surface area contributed by atoms with Crippen LogP contribution in [-0.2, 0) is 16.0 Å². The molecule has 1 heterocycles. The minimum atomic E-state index is -1.25. The van der Waals surface area contributed by atoms with Crippen LogP contribution >= 0.6 is 0 Å². The number of carbonyl (C=O) groups is 2. The highest BCUT2D eigenvalue weighted by Crippen LogP contribution is 2.33. The highest BCUT2D eigenvalue weighted by molar-refractivity contribution is 6.14. The minimum absolute atomic E-state index is 0.373. The normalized spacial score (nSPS) is 13.0. The molecule has 0 radical (unpaired) electrons. The quantitative estimate of drug-likeness (QED) is 0.790. The molecule has 2 aromatic carbocycles. The van der Waals surface area contributed by atoms with Crippen molar-refractivity contribution in [2.75, 3.05) is 23.8 Å². The maximum absolute atomic E-state index is 12.7. The number of benzene rings is 2. The Labute approximate surface area is 158 Å². The van der Waals surface area contributed by atoms with E-state index in [9.17, 15) is 9.59 Å². The topological polar surface area (TPSA) is 76.7 Å². The molecule has 2 N–H and O–H groups in total. The Hall–Kier alpha value is -3.02. The number of amides is 2. The summed E-state index contributed by atoms with van der Waals surface area (Å²) in [6.07, 6.45) is 0.928. The van der Waals surface area contributed by atoms with Gasteiger partial charge in [0.05, 0.1) is 0 Å². The number of aryl methyl sites for hydroxylation is 1. The van der Waals surface area contributed by atoms with Gasteiger partial charge in [0.1, 0.15) is 18.6 Å². The summed E-state index contributed by atoms with van der Waals surface area (Å²) in [5.74, 6) is 0.452. The summed E-state index contributed by atoms with van der Waals surface area (Å²) in [7, 11) is 0. The summed E-state index contributed by atoms with van der Waals surface area (Å²) in [6.45, 7) is 6.23. The van der Waals surface area contributed by atoms with Crippen LogP contribution in [-0.4, -0.2) is 25.0 Å². The van der Waals surface area contributed by atoms with E-state index >= 15 is 0 Å². The molecule has 2 amide bonds. The molecule has 2 aromatic rings. The van der Waals surface area contributed by atoms with Gasteiger partial charge in [-0.3, -0.25) is 9.59 Å². The number of carbonyl (C=O) groups excluding carboxylic acids is 2. The monoisotopic (exact) mass is 368 g/mol. The zero-order chi connectivity index (χ0) is 19.4. The van der Waals surface area contributed by atoms with Gasteiger partial charge in [-0.05, 0) is 50.1 Å². The lowest BCUT2D eigenvalue weighted by molar-refractivity contribution is -0.135. The third-order valence-corrected chi connectivity index (χ3v) is 4.56. The Morgan fingerprint density at radius 1 is 0.889 bits per heavy atom. The van der Waals surface area contributed by atoms with E-state index in [4.69, 9.17) is 9.47 Å². The first kappa shape index (κ1) is 18.8. The fourth-order valence-corrected chi connectivity index (χ4v) is 2.62. The fraction of sp³-hybridized carbons (Fsp3) is 0.333. The SMILES string of the molecule is CCc1ccc(NC(=O)C(C)(C)C(=O)Nc2ccc3c(c2)OCCO3)cc1. The van der Waals surface area contributed by atoms with Gasteiger partial charge in [-0.1, -0.05) is 19.1 Å². The van der Waals surface area contributed by atoms with E-state index in [2.05, 4.69) is 17.6 Å². The number of hydrogen-bond donors (Lipinski definition) is 2. The number of nitrogens with one attached hydrogen (secondary N) is 2. The molecule has 0 unspecified atom stereocenters. The molecule has 0 aromatic heterocycles. The molecule has 1 aliphatic rings. The van der Waals surface area contributed by atoms with Crippen LogP contribution in [0.4, 0.5) is 11.4 Å². The van der Waals surface area contributed by atoms with Crippen LogP contribution in [0.2, 0.25) is 0 Å². The maximum atomic E-state index is 12.7. The third kappa shape index (κ3) is 4.22. The van der Waals surface area contributed by atoms with E-state index in [-0.39, 0.29) is 5.91 Å². The standard InChI is InChI=1S/C21H24N2O4/c1-4-14-5-7-15(8-6-14)22-19(24)21(2,3)20(25)23-16-9-10-17-18(13-16)27-12-11-26-17/h5-10,13H,4,11-12H2,1-3H3,(H,22,24)(H,23,25). The molecule has 0 saturated carbocycles. The summed E-state index contributed by atoms with van der Waals surface area (Å²) in [4.78, 5) is 25.3. The lowest BCUT2D eigenvalue weighted by Gasteiger charge is -2.24. The number of rotatable bonds is 5. The molecule has 0 saturated heterocycles. The zero-order valence-electron chi connectivity index (χ0n) is 15.8. The van der Waals surface area contributed by atoms with Crippen molar-refractivity contribution in [1.29, 1.82) is 0 Å². The number of fused-ring (bicyclic) bond motifs is 1. The van der Waals surface area contributed by atoms with Crippen molar-refractivity contribution < 1.29 is 19.1 Å². The molecule has 3 rings (SSSR count). The van der Waals surface area contributed by atoms with E-state index in [1.54, 1.807) is 32.0 Å². The van der Waals surface area contributed by atoms with Crippen molar-refractivity contribution in [3.8, 4) is 11.5 Å². The smallest absolute Gasteiger partial charge is 0.239 e. The molecule has 0 bridgehead atoms. The second-order valence-corrected chi connectivity index (χ2v) is 6.94. The Balaban J connectivity index is 1.67. The third-order valence-electron chi connectivity index (χ3n) is 4.56. The van der Waals surface area contributed by atoms with Gasteiger partial charge in [-0.15, -0.1) is 0 Å². The zero-order valence-corrected chi connectivity index (χ0v) is 15.8. The first-order valence-corrected chi connectivity index (χ1v) is 9.01. The molecular weight excluding hydrogens is 344 g/mol. The van der Waals surface area contributed by atoms with Gasteiger partial charge in [-0.2, -0.15) is 0 Å². The molecule has 6 nitrogen and oxygen atoms in total. The second-order valence-electron chi connectivity index (χ2n) is 6.94. The van der Waals surface area contributed by atoms with Crippen LogP contribution < -0.4 is 20.1 Å². The van der Waals surface area contributed by atoms with Crippen LogP contribution in [0.5, 0.6) is 11.5 Å². The molecule has 0 atom stereocenters. The van der Waals surface area contributed by atoms with E-state index in [0.29, 0.717) is 36.1 Å². The van der Waals surface area contributed by atoms with Gasteiger partial charge in [0.2, 0.25) is 11.8 Å². The van der Waals surface area contributed by atoms with Gasteiger partial charge < -0.3 is 20.1 Å². The molecule has 0 spiro atoms. The summed E-state index contributed by atoms with van der Waals surface area (Å²) in [5.41, 5.74) is 1.15. The van der Waals surface area contributed by atoms with E-state index in [1.165, 1.54) is 5.56 Å². The summed E-state index contributed by atoms with van der Waals surface area (Å²) >= 11 is 0. The molecule has 1 aliphatic heterocycles. The Kier molecular flexibility index (Phi) is 5.35. The van der Waals surface area contributed by atoms with Crippen LogP contribution in [0.3, 0.4) is 0 Å². The van der Waals surface area contributed by atoms with Crippen LogP contribution in [0.15, 0.2) is 42.5 Å². The van der Waals surface area contributed by atoms with Gasteiger partial charge in [0, 0.05) is 17.4 Å². The van der Waals surface area contributed by atoms with Crippen LogP contribution in [0.1, 0.15) is 26.3 Å². The Bertz CT molecular complexity index is 844. The largest absolute Gasteiger partial charge is 0.486 e. The molecule has 6 heteroatoms. The predicted molar refractivity (Wildman–Crippen MR) is 104 cm³/mol. The first-order chi connectivity index (χ1) is 12.9. The Morgan fingerprint density at radius 2 is 1.44 bits per heavy atom. The van der Waals surface area contributed by atoms with Gasteiger partial charge in [0.25, 0.3) is 0 Å².